The summed E-state index contributed by atoms with van der Waals surface area (Å²) < 4.78 is 0. The Morgan fingerprint density at radius 2 is 0.527 bits per heavy atom. The zero-order valence-corrected chi connectivity index (χ0v) is 41.2. The standard InChI is InChI=1S/C72H54N2/c1-7-19-53(20-8-1)57-31-41-64(42-32-57)73(65-43-33-58(34-44-65)54-21-9-2-10-22-54)66-49-39-63(40-50-66)72-70(61-27-15-5-16-28-61)51-69(52-71(72)62-29-17-6-18-30-62)74(67-45-35-59(36-46-67)55-23-11-3-12-24-55)68-47-37-60(38-48-68)56-25-13-4-14-26-56/h1-9,11-21,23-52H,10,22H2. The topological polar surface area (TPSA) is 6.48 Å². The Hall–Kier alpha value is -9.50. The Labute approximate surface area is 435 Å². The van der Waals surface area contributed by atoms with Gasteiger partial charge in [0.25, 0.3) is 0 Å². The van der Waals surface area contributed by atoms with Crippen molar-refractivity contribution in [2.75, 3.05) is 9.80 Å². The number of hydrogen-bond donors (Lipinski definition) is 0. The summed E-state index contributed by atoms with van der Waals surface area (Å²) in [7, 11) is 0. The highest BCUT2D eigenvalue weighted by Crippen LogP contribution is 2.48. The van der Waals surface area contributed by atoms with Crippen molar-refractivity contribution in [2.24, 2.45) is 0 Å². The monoisotopic (exact) mass is 946 g/mol. The Balaban J connectivity index is 1.00. The SMILES string of the molecule is C1=CCCC(c2ccc(N(c3ccc(-c4ccccc4)cc3)c3ccc(-c4c(-c5ccccc5)cc(N(c5ccc(-c6ccccc6)cc5)c5ccc(-c6ccccc6)cc5)cc4-c4ccccc4)cc3)cc2)=C1. The molecule has 0 N–H and O–H groups in total. The van der Waals surface area contributed by atoms with Crippen LogP contribution >= 0.6 is 0 Å². The fraction of sp³-hybridized carbons (Fsp3) is 0.0278. The summed E-state index contributed by atoms with van der Waals surface area (Å²) in [6.45, 7) is 0. The zero-order chi connectivity index (χ0) is 49.5. The van der Waals surface area contributed by atoms with E-state index < -0.39 is 0 Å². The number of nitrogens with zero attached hydrogens (tertiary/aromatic N) is 2. The molecule has 0 spiro atoms. The van der Waals surface area contributed by atoms with Crippen molar-refractivity contribution in [1.29, 1.82) is 0 Å². The molecule has 0 radical (unpaired) electrons. The van der Waals surface area contributed by atoms with Gasteiger partial charge < -0.3 is 9.80 Å². The molecule has 11 aromatic rings. The minimum absolute atomic E-state index is 1.06. The van der Waals surface area contributed by atoms with Crippen molar-refractivity contribution in [3.05, 3.63) is 309 Å². The Morgan fingerprint density at radius 3 is 0.851 bits per heavy atom. The van der Waals surface area contributed by atoms with Gasteiger partial charge in [-0.15, -0.1) is 0 Å². The first kappa shape index (κ1) is 45.6. The van der Waals surface area contributed by atoms with Crippen molar-refractivity contribution < 1.29 is 0 Å². The highest BCUT2D eigenvalue weighted by Gasteiger charge is 2.22. The van der Waals surface area contributed by atoms with Crippen LogP contribution in [0.15, 0.2) is 303 Å². The minimum atomic E-state index is 1.06. The summed E-state index contributed by atoms with van der Waals surface area (Å²) in [6, 6.07) is 104. The van der Waals surface area contributed by atoms with Gasteiger partial charge in [-0.25, -0.2) is 0 Å². The van der Waals surface area contributed by atoms with Crippen molar-refractivity contribution in [1.82, 2.24) is 0 Å². The first-order valence-corrected chi connectivity index (χ1v) is 25.6. The Kier molecular flexibility index (Phi) is 13.0. The number of benzene rings is 11. The van der Waals surface area contributed by atoms with Crippen LogP contribution < -0.4 is 9.80 Å². The molecule has 2 nitrogen and oxygen atoms in total. The largest absolute Gasteiger partial charge is 0.311 e. The van der Waals surface area contributed by atoms with Crippen LogP contribution in [0, 0.1) is 0 Å². The lowest BCUT2D eigenvalue weighted by molar-refractivity contribution is 1.05. The number of allylic oxidation sites excluding steroid dienone is 4. The van der Waals surface area contributed by atoms with Gasteiger partial charge in [0.05, 0.1) is 0 Å². The van der Waals surface area contributed by atoms with Crippen molar-refractivity contribution in [3.63, 3.8) is 0 Å². The van der Waals surface area contributed by atoms with E-state index in [4.69, 9.17) is 0 Å². The fourth-order valence-electron chi connectivity index (χ4n) is 10.4. The van der Waals surface area contributed by atoms with Gasteiger partial charge in [0.2, 0.25) is 0 Å². The molecule has 12 rings (SSSR count). The molecule has 0 saturated heterocycles. The van der Waals surface area contributed by atoms with Gasteiger partial charge in [0, 0.05) is 34.1 Å². The smallest absolute Gasteiger partial charge is 0.0474 e. The van der Waals surface area contributed by atoms with Gasteiger partial charge in [-0.05, 0) is 164 Å². The van der Waals surface area contributed by atoms with E-state index in [1.54, 1.807) is 0 Å². The van der Waals surface area contributed by atoms with E-state index in [1.165, 1.54) is 50.1 Å². The van der Waals surface area contributed by atoms with Gasteiger partial charge in [-0.2, -0.15) is 0 Å². The molecule has 0 heterocycles. The van der Waals surface area contributed by atoms with Crippen LogP contribution in [0.5, 0.6) is 0 Å². The highest BCUT2D eigenvalue weighted by molar-refractivity contribution is 5.99. The lowest BCUT2D eigenvalue weighted by Crippen LogP contribution is -2.11. The van der Waals surface area contributed by atoms with Gasteiger partial charge in [-0.3, -0.25) is 0 Å². The molecule has 0 aliphatic heterocycles. The van der Waals surface area contributed by atoms with Crippen LogP contribution in [0.1, 0.15) is 18.4 Å². The number of rotatable bonds is 13. The molecule has 2 heteroatoms. The summed E-state index contributed by atoms with van der Waals surface area (Å²) in [5, 5.41) is 0. The van der Waals surface area contributed by atoms with Crippen LogP contribution in [0.2, 0.25) is 0 Å². The third-order valence-corrected chi connectivity index (χ3v) is 14.2. The van der Waals surface area contributed by atoms with E-state index in [1.807, 2.05) is 0 Å². The highest BCUT2D eigenvalue weighted by atomic mass is 15.1. The molecule has 0 amide bonds. The first-order valence-electron chi connectivity index (χ1n) is 25.6. The molecule has 1 aliphatic carbocycles. The van der Waals surface area contributed by atoms with Crippen molar-refractivity contribution in [2.45, 2.75) is 12.8 Å². The second-order valence-corrected chi connectivity index (χ2v) is 18.8. The van der Waals surface area contributed by atoms with Gasteiger partial charge in [0.15, 0.2) is 0 Å². The summed E-state index contributed by atoms with van der Waals surface area (Å²) in [6.07, 6.45) is 8.81. The molecule has 0 aromatic heterocycles. The van der Waals surface area contributed by atoms with Gasteiger partial charge >= 0.3 is 0 Å². The summed E-state index contributed by atoms with van der Waals surface area (Å²) in [4.78, 5) is 4.78. The van der Waals surface area contributed by atoms with Crippen LogP contribution in [0.3, 0.4) is 0 Å². The normalized spacial score (nSPS) is 12.0. The van der Waals surface area contributed by atoms with Gasteiger partial charge in [0.1, 0.15) is 0 Å². The van der Waals surface area contributed by atoms with E-state index in [2.05, 4.69) is 313 Å². The van der Waals surface area contributed by atoms with E-state index in [0.717, 1.165) is 74.8 Å². The van der Waals surface area contributed by atoms with E-state index in [0.29, 0.717) is 0 Å². The molecule has 0 bridgehead atoms. The van der Waals surface area contributed by atoms with Crippen molar-refractivity contribution in [3.8, 4) is 66.8 Å². The van der Waals surface area contributed by atoms with Crippen LogP contribution in [0.25, 0.3) is 72.3 Å². The first-order chi connectivity index (χ1) is 36.7. The van der Waals surface area contributed by atoms with Crippen LogP contribution in [0.4, 0.5) is 34.1 Å². The average Bonchev–Trinajstić information content (AvgIpc) is 3.49. The average molecular weight is 947 g/mol. The molecular weight excluding hydrogens is 893 g/mol. The lowest BCUT2D eigenvalue weighted by Gasteiger charge is -2.29. The zero-order valence-electron chi connectivity index (χ0n) is 41.2. The molecular formula is C72H54N2. The Bertz CT molecular complexity index is 3540. The van der Waals surface area contributed by atoms with Crippen LogP contribution in [-0.2, 0) is 0 Å². The van der Waals surface area contributed by atoms with E-state index in [9.17, 15) is 0 Å². The van der Waals surface area contributed by atoms with Gasteiger partial charge in [-0.1, -0.05) is 231 Å². The third kappa shape index (κ3) is 9.65. The maximum atomic E-state index is 2.41. The molecule has 74 heavy (non-hydrogen) atoms. The maximum absolute atomic E-state index is 2.41. The maximum Gasteiger partial charge on any atom is 0.0474 e. The Morgan fingerprint density at radius 1 is 0.243 bits per heavy atom. The third-order valence-electron chi connectivity index (χ3n) is 14.2. The molecule has 352 valence electrons. The number of anilines is 6. The molecule has 0 atom stereocenters. The number of hydrogen-bond acceptors (Lipinski definition) is 2. The molecule has 0 unspecified atom stereocenters. The fourth-order valence-corrected chi connectivity index (χ4v) is 10.4. The second-order valence-electron chi connectivity index (χ2n) is 18.8. The predicted octanol–water partition coefficient (Wildman–Crippen LogP) is 20.4. The van der Waals surface area contributed by atoms with E-state index in [-0.39, 0.29) is 0 Å². The van der Waals surface area contributed by atoms with Crippen molar-refractivity contribution >= 4 is 39.7 Å². The summed E-state index contributed by atoms with van der Waals surface area (Å²) in [5.74, 6) is 0. The predicted molar refractivity (Wildman–Crippen MR) is 315 cm³/mol. The quantitative estimate of drug-likeness (QED) is 0.114. The molecule has 0 saturated carbocycles. The minimum Gasteiger partial charge on any atom is -0.311 e. The van der Waals surface area contributed by atoms with E-state index >= 15 is 0 Å². The second kappa shape index (κ2) is 21.1. The molecule has 1 aliphatic rings. The molecule has 0 fully saturated rings. The summed E-state index contributed by atoms with van der Waals surface area (Å²) in [5.41, 5.74) is 23.2. The molecule has 11 aromatic carbocycles. The summed E-state index contributed by atoms with van der Waals surface area (Å²) >= 11 is 0. The lowest BCUT2D eigenvalue weighted by atomic mass is 9.86. The van der Waals surface area contributed by atoms with Crippen LogP contribution in [-0.4, -0.2) is 0 Å².